The Kier molecular flexibility index (Phi) is 3.11. The van der Waals surface area contributed by atoms with Gasteiger partial charge in [0.1, 0.15) is 11.3 Å². The van der Waals surface area contributed by atoms with Gasteiger partial charge in [-0.05, 0) is 38.1 Å². The molecule has 0 saturated carbocycles. The van der Waals surface area contributed by atoms with E-state index in [2.05, 4.69) is 10.5 Å². The molecule has 0 saturated heterocycles. The summed E-state index contributed by atoms with van der Waals surface area (Å²) in [6, 6.07) is 8.65. The summed E-state index contributed by atoms with van der Waals surface area (Å²) in [6.45, 7) is 3.40. The smallest absolute Gasteiger partial charge is 0.261 e. The van der Waals surface area contributed by atoms with Gasteiger partial charge in [-0.2, -0.15) is 5.26 Å². The number of amides is 1. The number of aryl methyl sites for hydroxylation is 2. The van der Waals surface area contributed by atoms with Gasteiger partial charge in [-0.3, -0.25) is 4.79 Å². The van der Waals surface area contributed by atoms with Crippen LogP contribution in [0, 0.1) is 25.2 Å². The van der Waals surface area contributed by atoms with Gasteiger partial charge < -0.3 is 9.84 Å². The molecule has 1 aromatic carbocycles. The van der Waals surface area contributed by atoms with Crippen LogP contribution < -0.4 is 5.32 Å². The number of nitrogens with zero attached hydrogens (tertiary/aromatic N) is 2. The summed E-state index contributed by atoms with van der Waals surface area (Å²) in [5.74, 6) is 0.217. The van der Waals surface area contributed by atoms with Crippen molar-refractivity contribution in [3.63, 3.8) is 0 Å². The molecule has 0 radical (unpaired) electrons. The summed E-state index contributed by atoms with van der Waals surface area (Å²) in [7, 11) is 0. The quantitative estimate of drug-likeness (QED) is 0.875. The van der Waals surface area contributed by atoms with Gasteiger partial charge >= 0.3 is 0 Å². The molecule has 1 amide bonds. The average molecular weight is 241 g/mol. The number of benzene rings is 1. The van der Waals surface area contributed by atoms with Gasteiger partial charge in [-0.25, -0.2) is 0 Å². The maximum absolute atomic E-state index is 12.0. The van der Waals surface area contributed by atoms with E-state index < -0.39 is 0 Å². The zero-order valence-corrected chi connectivity index (χ0v) is 10.0. The van der Waals surface area contributed by atoms with Crippen molar-refractivity contribution in [2.75, 3.05) is 5.32 Å². The minimum Gasteiger partial charge on any atom is -0.361 e. The van der Waals surface area contributed by atoms with Crippen LogP contribution in [0.2, 0.25) is 0 Å². The lowest BCUT2D eigenvalue weighted by atomic mass is 10.1. The van der Waals surface area contributed by atoms with Gasteiger partial charge in [-0.15, -0.1) is 0 Å². The molecule has 0 fully saturated rings. The molecule has 1 N–H and O–H groups in total. The Morgan fingerprint density at radius 1 is 1.33 bits per heavy atom. The molecule has 5 nitrogen and oxygen atoms in total. The summed E-state index contributed by atoms with van der Waals surface area (Å²) in [5, 5.41) is 15.1. The third-order valence-corrected chi connectivity index (χ3v) is 2.53. The van der Waals surface area contributed by atoms with Crippen LogP contribution in [0.5, 0.6) is 0 Å². The van der Waals surface area contributed by atoms with Gasteiger partial charge in [0.05, 0.1) is 17.3 Å². The number of hydrogen-bond donors (Lipinski definition) is 1. The molecule has 0 bridgehead atoms. The molecular formula is C13H11N3O2. The molecule has 18 heavy (non-hydrogen) atoms. The van der Waals surface area contributed by atoms with Crippen LogP contribution in [0.3, 0.4) is 0 Å². The number of carbonyl (C=O) groups excluding carboxylic acids is 1. The van der Waals surface area contributed by atoms with Crippen molar-refractivity contribution in [2.45, 2.75) is 13.8 Å². The molecule has 1 aromatic heterocycles. The Labute approximate surface area is 104 Å². The zero-order valence-electron chi connectivity index (χ0n) is 10.0. The molecule has 90 valence electrons. The lowest BCUT2D eigenvalue weighted by Gasteiger charge is -2.04. The first-order valence-electron chi connectivity index (χ1n) is 5.36. The van der Waals surface area contributed by atoms with E-state index in [4.69, 9.17) is 9.78 Å². The lowest BCUT2D eigenvalue weighted by Crippen LogP contribution is -2.13. The van der Waals surface area contributed by atoms with E-state index in [1.165, 1.54) is 0 Å². The molecule has 5 heteroatoms. The summed E-state index contributed by atoms with van der Waals surface area (Å²) >= 11 is 0. The van der Waals surface area contributed by atoms with Crippen molar-refractivity contribution in [2.24, 2.45) is 0 Å². The molecular weight excluding hydrogens is 230 g/mol. The van der Waals surface area contributed by atoms with Crippen LogP contribution in [-0.4, -0.2) is 11.1 Å². The highest BCUT2D eigenvalue weighted by atomic mass is 16.5. The predicted octanol–water partition coefficient (Wildman–Crippen LogP) is 2.42. The molecule has 0 aliphatic heterocycles. The topological polar surface area (TPSA) is 78.9 Å². The van der Waals surface area contributed by atoms with Crippen LogP contribution in [0.25, 0.3) is 0 Å². The fourth-order valence-corrected chi connectivity index (χ4v) is 1.63. The average Bonchev–Trinajstić information content (AvgIpc) is 2.70. The number of nitrogens with one attached hydrogen (secondary N) is 1. The zero-order chi connectivity index (χ0) is 13.1. The molecule has 0 atom stereocenters. The monoisotopic (exact) mass is 241 g/mol. The minimum absolute atomic E-state index is 0.268. The number of nitriles is 1. The molecule has 1 heterocycles. The standard InChI is InChI=1S/C13H11N3O2/c1-8-12(9(2)18-16-8)13(17)15-11-5-3-10(7-14)4-6-11/h3-6H,1-2H3,(H,15,17). The summed E-state index contributed by atoms with van der Waals surface area (Å²) < 4.78 is 4.94. The van der Waals surface area contributed by atoms with E-state index in [-0.39, 0.29) is 5.91 Å². The largest absolute Gasteiger partial charge is 0.361 e. The third kappa shape index (κ3) is 2.23. The van der Waals surface area contributed by atoms with E-state index in [1.807, 2.05) is 6.07 Å². The van der Waals surface area contributed by atoms with Crippen molar-refractivity contribution in [3.05, 3.63) is 46.8 Å². The Morgan fingerprint density at radius 3 is 2.50 bits per heavy atom. The fourth-order valence-electron chi connectivity index (χ4n) is 1.63. The van der Waals surface area contributed by atoms with E-state index in [1.54, 1.807) is 38.1 Å². The summed E-state index contributed by atoms with van der Waals surface area (Å²) in [4.78, 5) is 12.0. The summed E-state index contributed by atoms with van der Waals surface area (Å²) in [6.07, 6.45) is 0. The van der Waals surface area contributed by atoms with Crippen molar-refractivity contribution in [1.29, 1.82) is 5.26 Å². The predicted molar refractivity (Wildman–Crippen MR) is 65.1 cm³/mol. The minimum atomic E-state index is -0.268. The van der Waals surface area contributed by atoms with Gasteiger partial charge in [0.15, 0.2) is 0 Å². The van der Waals surface area contributed by atoms with E-state index >= 15 is 0 Å². The highest BCUT2D eigenvalue weighted by Gasteiger charge is 2.17. The SMILES string of the molecule is Cc1noc(C)c1C(=O)Nc1ccc(C#N)cc1. The number of carbonyl (C=O) groups is 1. The Morgan fingerprint density at radius 2 is 2.00 bits per heavy atom. The van der Waals surface area contributed by atoms with Crippen LogP contribution in [-0.2, 0) is 0 Å². The van der Waals surface area contributed by atoms with Crippen molar-refractivity contribution < 1.29 is 9.32 Å². The fraction of sp³-hybridized carbons (Fsp3) is 0.154. The van der Waals surface area contributed by atoms with Crippen molar-refractivity contribution in [1.82, 2.24) is 5.16 Å². The van der Waals surface area contributed by atoms with E-state index in [9.17, 15) is 4.79 Å². The molecule has 2 aromatic rings. The number of rotatable bonds is 2. The van der Waals surface area contributed by atoms with Gasteiger partial charge in [-0.1, -0.05) is 5.16 Å². The third-order valence-electron chi connectivity index (χ3n) is 2.53. The Balaban J connectivity index is 2.19. The maximum Gasteiger partial charge on any atom is 0.261 e. The maximum atomic E-state index is 12.0. The first-order valence-corrected chi connectivity index (χ1v) is 5.36. The number of hydrogen-bond acceptors (Lipinski definition) is 4. The van der Waals surface area contributed by atoms with Gasteiger partial charge in [0.2, 0.25) is 0 Å². The highest BCUT2D eigenvalue weighted by molar-refractivity contribution is 6.05. The second kappa shape index (κ2) is 4.72. The highest BCUT2D eigenvalue weighted by Crippen LogP contribution is 2.15. The number of aromatic nitrogens is 1. The first-order chi connectivity index (χ1) is 8.61. The van der Waals surface area contributed by atoms with Crippen LogP contribution in [0.1, 0.15) is 27.4 Å². The van der Waals surface area contributed by atoms with E-state index in [0.717, 1.165) is 0 Å². The lowest BCUT2D eigenvalue weighted by molar-refractivity contribution is 0.102. The first kappa shape index (κ1) is 11.9. The van der Waals surface area contributed by atoms with Gasteiger partial charge in [0, 0.05) is 5.69 Å². The number of anilines is 1. The van der Waals surface area contributed by atoms with Crippen LogP contribution in [0.15, 0.2) is 28.8 Å². The normalized spacial score (nSPS) is 9.83. The molecule has 0 aliphatic carbocycles. The Bertz CT molecular complexity index is 601. The molecule has 0 aliphatic rings. The van der Waals surface area contributed by atoms with Gasteiger partial charge in [0.25, 0.3) is 5.91 Å². The summed E-state index contributed by atoms with van der Waals surface area (Å²) in [5.41, 5.74) is 2.17. The molecule has 0 unspecified atom stereocenters. The molecule has 2 rings (SSSR count). The van der Waals surface area contributed by atoms with E-state index in [0.29, 0.717) is 28.3 Å². The second-order valence-electron chi connectivity index (χ2n) is 3.84. The van der Waals surface area contributed by atoms with Crippen molar-refractivity contribution in [3.8, 4) is 6.07 Å². The second-order valence-corrected chi connectivity index (χ2v) is 3.84. The Hall–Kier alpha value is -2.61. The van der Waals surface area contributed by atoms with Crippen molar-refractivity contribution >= 4 is 11.6 Å². The van der Waals surface area contributed by atoms with Crippen LogP contribution >= 0.6 is 0 Å². The van der Waals surface area contributed by atoms with Crippen LogP contribution in [0.4, 0.5) is 5.69 Å². The molecule has 0 spiro atoms.